The zero-order chi connectivity index (χ0) is 20.7. The number of nitrogens with zero attached hydrogens (tertiary/aromatic N) is 3. The van der Waals surface area contributed by atoms with Gasteiger partial charge in [-0.05, 0) is 30.3 Å². The van der Waals surface area contributed by atoms with E-state index in [4.69, 9.17) is 10.5 Å². The number of primary amides is 1. The normalized spacial score (nSPS) is 11.1. The Hall–Kier alpha value is -2.82. The van der Waals surface area contributed by atoms with Gasteiger partial charge in [0.25, 0.3) is 0 Å². The van der Waals surface area contributed by atoms with Gasteiger partial charge in [-0.1, -0.05) is 11.8 Å². The summed E-state index contributed by atoms with van der Waals surface area (Å²) in [5.74, 6) is -0.651. The van der Waals surface area contributed by atoms with Crippen molar-refractivity contribution in [2.45, 2.75) is 17.8 Å². The number of ether oxygens (including phenoxy) is 1. The summed E-state index contributed by atoms with van der Waals surface area (Å²) in [7, 11) is 1.50. The number of amides is 2. The van der Waals surface area contributed by atoms with Crippen molar-refractivity contribution in [1.82, 2.24) is 9.97 Å². The van der Waals surface area contributed by atoms with E-state index in [-0.39, 0.29) is 23.9 Å². The van der Waals surface area contributed by atoms with Crippen molar-refractivity contribution in [2.24, 2.45) is 5.73 Å². The molecule has 0 radical (unpaired) electrons. The van der Waals surface area contributed by atoms with Crippen molar-refractivity contribution in [2.75, 3.05) is 24.3 Å². The van der Waals surface area contributed by atoms with E-state index >= 15 is 0 Å². The topological polar surface area (TPSA) is 98.4 Å². The Morgan fingerprint density at radius 1 is 1.21 bits per heavy atom. The molecule has 1 aromatic heterocycles. The number of alkyl halides is 3. The quantitative estimate of drug-likeness (QED) is 0.527. The van der Waals surface area contributed by atoms with Gasteiger partial charge in [0.1, 0.15) is 11.4 Å². The molecule has 11 heteroatoms. The SMILES string of the molecule is COc1ccc(N(CCC(N)=O)C(=O)CSc2nccc(C(F)(F)F)n2)cc1. The lowest BCUT2D eigenvalue weighted by Gasteiger charge is -2.22. The Kier molecular flexibility index (Phi) is 7.21. The maximum Gasteiger partial charge on any atom is 0.433 e. The van der Waals surface area contributed by atoms with Gasteiger partial charge < -0.3 is 15.4 Å². The molecule has 2 rings (SSSR count). The number of methoxy groups -OCH3 is 1. The number of aromatic nitrogens is 2. The third kappa shape index (κ3) is 6.12. The number of nitrogens with two attached hydrogens (primary N) is 1. The van der Waals surface area contributed by atoms with Crippen LogP contribution in [0.15, 0.2) is 41.7 Å². The molecule has 1 aromatic carbocycles. The van der Waals surface area contributed by atoms with Crippen molar-refractivity contribution in [3.63, 3.8) is 0 Å². The Balaban J connectivity index is 2.12. The minimum absolute atomic E-state index is 0.0322. The predicted molar refractivity (Wildman–Crippen MR) is 96.9 cm³/mol. The zero-order valence-electron chi connectivity index (χ0n) is 14.8. The first-order valence-electron chi connectivity index (χ1n) is 7.96. The Labute approximate surface area is 163 Å². The smallest absolute Gasteiger partial charge is 0.433 e. The first-order chi connectivity index (χ1) is 13.2. The molecule has 2 aromatic rings. The summed E-state index contributed by atoms with van der Waals surface area (Å²) in [5.41, 5.74) is 4.57. The molecule has 0 unspecified atom stereocenters. The van der Waals surface area contributed by atoms with E-state index in [1.807, 2.05) is 0 Å². The van der Waals surface area contributed by atoms with Gasteiger partial charge >= 0.3 is 6.18 Å². The minimum atomic E-state index is -4.60. The Bertz CT molecular complexity index is 831. The van der Waals surface area contributed by atoms with Crippen LogP contribution in [-0.2, 0) is 15.8 Å². The molecular weight excluding hydrogens is 397 g/mol. The van der Waals surface area contributed by atoms with E-state index in [9.17, 15) is 22.8 Å². The standard InChI is InChI=1S/C17H17F3N4O3S/c1-27-12-4-2-11(3-5-12)24(9-7-14(21)25)15(26)10-28-16-22-8-6-13(23-16)17(18,19)20/h2-6,8H,7,9-10H2,1H3,(H2,21,25). The predicted octanol–water partition coefficient (Wildman–Crippen LogP) is 2.50. The minimum Gasteiger partial charge on any atom is -0.497 e. The molecule has 2 N–H and O–H groups in total. The van der Waals surface area contributed by atoms with Crippen molar-refractivity contribution in [1.29, 1.82) is 0 Å². The van der Waals surface area contributed by atoms with Gasteiger partial charge in [-0.15, -0.1) is 0 Å². The molecule has 0 aliphatic carbocycles. The van der Waals surface area contributed by atoms with Crippen LogP contribution in [-0.4, -0.2) is 41.2 Å². The summed E-state index contributed by atoms with van der Waals surface area (Å²) in [6.45, 7) is 0.0322. The first kappa shape index (κ1) is 21.5. The monoisotopic (exact) mass is 414 g/mol. The molecule has 0 spiro atoms. The summed E-state index contributed by atoms with van der Waals surface area (Å²) >= 11 is 0.769. The molecule has 0 saturated carbocycles. The van der Waals surface area contributed by atoms with Crippen LogP contribution in [0, 0.1) is 0 Å². The van der Waals surface area contributed by atoms with E-state index in [1.165, 1.54) is 12.0 Å². The summed E-state index contributed by atoms with van der Waals surface area (Å²) in [6, 6.07) is 7.29. The van der Waals surface area contributed by atoms with Crippen LogP contribution in [0.1, 0.15) is 12.1 Å². The molecular formula is C17H17F3N4O3S. The number of carbonyl (C=O) groups excluding carboxylic acids is 2. The van der Waals surface area contributed by atoms with Gasteiger partial charge in [-0.2, -0.15) is 13.2 Å². The highest BCUT2D eigenvalue weighted by molar-refractivity contribution is 7.99. The second-order valence-corrected chi connectivity index (χ2v) is 6.41. The van der Waals surface area contributed by atoms with Crippen LogP contribution in [0.3, 0.4) is 0 Å². The van der Waals surface area contributed by atoms with Crippen LogP contribution in [0.2, 0.25) is 0 Å². The number of halogens is 3. The number of thioether (sulfide) groups is 1. The zero-order valence-corrected chi connectivity index (χ0v) is 15.6. The summed E-state index contributed by atoms with van der Waals surface area (Å²) in [5, 5.41) is -0.173. The second kappa shape index (κ2) is 9.40. The molecule has 0 aliphatic rings. The number of carbonyl (C=O) groups is 2. The maximum absolute atomic E-state index is 12.7. The number of rotatable bonds is 8. The van der Waals surface area contributed by atoms with Gasteiger partial charge in [0.05, 0.1) is 12.9 Å². The van der Waals surface area contributed by atoms with Crippen LogP contribution < -0.4 is 15.4 Å². The van der Waals surface area contributed by atoms with Crippen LogP contribution in [0.5, 0.6) is 5.75 Å². The lowest BCUT2D eigenvalue weighted by atomic mass is 10.2. The van der Waals surface area contributed by atoms with E-state index in [0.29, 0.717) is 11.4 Å². The number of anilines is 1. The van der Waals surface area contributed by atoms with E-state index in [0.717, 1.165) is 24.0 Å². The van der Waals surface area contributed by atoms with E-state index in [1.54, 1.807) is 24.3 Å². The molecule has 0 atom stereocenters. The van der Waals surface area contributed by atoms with Gasteiger partial charge in [0.2, 0.25) is 11.8 Å². The molecule has 0 saturated heterocycles. The fraction of sp³-hybridized carbons (Fsp3) is 0.294. The van der Waals surface area contributed by atoms with Crippen molar-refractivity contribution < 1.29 is 27.5 Å². The number of hydrogen-bond donors (Lipinski definition) is 1. The highest BCUT2D eigenvalue weighted by atomic mass is 32.2. The van der Waals surface area contributed by atoms with Gasteiger partial charge in [0, 0.05) is 24.8 Å². The highest BCUT2D eigenvalue weighted by Crippen LogP contribution is 2.28. The van der Waals surface area contributed by atoms with E-state index in [2.05, 4.69) is 9.97 Å². The molecule has 0 aliphatic heterocycles. The summed E-state index contributed by atoms with van der Waals surface area (Å²) in [6.07, 6.45) is -3.68. The highest BCUT2D eigenvalue weighted by Gasteiger charge is 2.32. The third-order valence-corrected chi connectivity index (χ3v) is 4.36. The second-order valence-electron chi connectivity index (χ2n) is 5.47. The van der Waals surface area contributed by atoms with Gasteiger partial charge in [0.15, 0.2) is 5.16 Å². The van der Waals surface area contributed by atoms with Crippen molar-refractivity contribution in [3.05, 3.63) is 42.2 Å². The van der Waals surface area contributed by atoms with Crippen LogP contribution >= 0.6 is 11.8 Å². The molecule has 1 heterocycles. The molecule has 2 amide bonds. The van der Waals surface area contributed by atoms with Crippen LogP contribution in [0.4, 0.5) is 18.9 Å². The Morgan fingerprint density at radius 3 is 2.46 bits per heavy atom. The fourth-order valence-electron chi connectivity index (χ4n) is 2.15. The average molecular weight is 414 g/mol. The molecule has 28 heavy (non-hydrogen) atoms. The first-order valence-corrected chi connectivity index (χ1v) is 8.95. The van der Waals surface area contributed by atoms with E-state index < -0.39 is 23.7 Å². The van der Waals surface area contributed by atoms with Gasteiger partial charge in [-0.25, -0.2) is 9.97 Å². The van der Waals surface area contributed by atoms with Gasteiger partial charge in [-0.3, -0.25) is 9.59 Å². The molecule has 7 nitrogen and oxygen atoms in total. The number of benzene rings is 1. The third-order valence-electron chi connectivity index (χ3n) is 3.52. The summed E-state index contributed by atoms with van der Waals surface area (Å²) < 4.78 is 43.2. The Morgan fingerprint density at radius 2 is 1.89 bits per heavy atom. The fourth-order valence-corrected chi connectivity index (χ4v) is 2.86. The van der Waals surface area contributed by atoms with Crippen molar-refractivity contribution >= 4 is 29.3 Å². The largest absolute Gasteiger partial charge is 0.497 e. The number of hydrogen-bond acceptors (Lipinski definition) is 6. The molecule has 0 bridgehead atoms. The molecule has 150 valence electrons. The van der Waals surface area contributed by atoms with Crippen LogP contribution in [0.25, 0.3) is 0 Å². The lowest BCUT2D eigenvalue weighted by molar-refractivity contribution is -0.141. The maximum atomic E-state index is 12.7. The summed E-state index contributed by atoms with van der Waals surface area (Å²) in [4.78, 5) is 32.2. The average Bonchev–Trinajstić information content (AvgIpc) is 2.66. The molecule has 0 fully saturated rings. The lowest BCUT2D eigenvalue weighted by Crippen LogP contribution is -2.35. The van der Waals surface area contributed by atoms with Crippen molar-refractivity contribution in [3.8, 4) is 5.75 Å².